The van der Waals surface area contributed by atoms with Crippen LogP contribution in [-0.2, 0) is 32.2 Å². The van der Waals surface area contributed by atoms with E-state index in [4.69, 9.17) is 38.9 Å². The molecule has 3 aromatic carbocycles. The predicted octanol–water partition coefficient (Wildman–Crippen LogP) is 2.54. The Balaban J connectivity index is 1.13. The van der Waals surface area contributed by atoms with Crippen molar-refractivity contribution in [1.29, 1.82) is 0 Å². The average molecular weight is 927 g/mol. The first-order valence-electron chi connectivity index (χ1n) is 22.1. The van der Waals surface area contributed by atoms with Gasteiger partial charge in [0.15, 0.2) is 23.2 Å². The van der Waals surface area contributed by atoms with E-state index in [-0.39, 0.29) is 31.1 Å². The summed E-state index contributed by atoms with van der Waals surface area (Å²) in [6.07, 6.45) is -5.18. The van der Waals surface area contributed by atoms with Crippen molar-refractivity contribution in [3.63, 3.8) is 0 Å². The molecule has 0 saturated carbocycles. The first-order chi connectivity index (χ1) is 32.9. The molecule has 0 amide bonds. The highest BCUT2D eigenvalue weighted by molar-refractivity contribution is 5.90. The lowest BCUT2D eigenvalue weighted by Crippen LogP contribution is -2.80. The normalized spacial score (nSPS) is 30.2. The molecule has 5 aromatic rings. The zero-order chi connectivity index (χ0) is 47.1. The summed E-state index contributed by atoms with van der Waals surface area (Å²) in [5.41, 5.74) is 6.06. The lowest BCUT2D eigenvalue weighted by atomic mass is 9.67. The van der Waals surface area contributed by atoms with Gasteiger partial charge in [0.25, 0.3) is 0 Å². The SMILES string of the molecule is COc1ccc2c3c1OCCC#CC(c1ccccc1)C1Oc4cc5c(c(Cn6cc7cc[nH]c7c6CO)c4C(O3)C21)C#CCC1(O)C(O)C(O)C(O5)OC12C=CNC(N)C2OC(=O)CC(=O)O. The van der Waals surface area contributed by atoms with E-state index < -0.39 is 90.8 Å². The maximum Gasteiger partial charge on any atom is 0.317 e. The van der Waals surface area contributed by atoms with Gasteiger partial charge in [-0.3, -0.25) is 9.59 Å². The van der Waals surface area contributed by atoms with Crippen LogP contribution in [0.3, 0.4) is 0 Å². The molecule has 7 aliphatic rings. The van der Waals surface area contributed by atoms with Crippen LogP contribution in [0.25, 0.3) is 10.9 Å². The van der Waals surface area contributed by atoms with Crippen molar-refractivity contribution in [3.05, 3.63) is 113 Å². The van der Waals surface area contributed by atoms with E-state index in [0.29, 0.717) is 46.2 Å². The maximum absolute atomic E-state index is 12.9. The number of ether oxygens (including phenoxy) is 7. The Bertz CT molecular complexity index is 3020. The first kappa shape index (κ1) is 43.4. The van der Waals surface area contributed by atoms with Crippen molar-refractivity contribution >= 4 is 22.8 Å². The van der Waals surface area contributed by atoms with Crippen molar-refractivity contribution in [2.45, 2.75) is 98.4 Å². The van der Waals surface area contributed by atoms with Gasteiger partial charge >= 0.3 is 11.9 Å². The molecule has 18 nitrogen and oxygen atoms in total. The molecule has 1 fully saturated rings. The fourth-order valence-electron chi connectivity index (χ4n) is 10.7. The number of carbonyl (C=O) groups is 2. The molecule has 1 spiro atoms. The molecular formula is C50H46N4O14. The first-order valence-corrected chi connectivity index (χ1v) is 22.1. The predicted molar refractivity (Wildman–Crippen MR) is 237 cm³/mol. The second-order valence-corrected chi connectivity index (χ2v) is 17.5. The number of aromatic amines is 1. The summed E-state index contributed by atoms with van der Waals surface area (Å²) in [5, 5.41) is 60.3. The van der Waals surface area contributed by atoms with Gasteiger partial charge in [-0.25, -0.2) is 0 Å². The van der Waals surface area contributed by atoms with Gasteiger partial charge in [-0.05, 0) is 30.0 Å². The maximum atomic E-state index is 12.9. The number of benzene rings is 3. The number of nitrogens with zero attached hydrogens (tertiary/aromatic N) is 1. The molecule has 12 rings (SSSR count). The molecule has 6 bridgehead atoms. The Kier molecular flexibility index (Phi) is 10.6. The summed E-state index contributed by atoms with van der Waals surface area (Å²) in [4.78, 5) is 27.7. The van der Waals surface area contributed by atoms with Crippen LogP contribution in [0.5, 0.6) is 28.7 Å². The fraction of sp³-hybridized carbons (Fsp3) is 0.360. The van der Waals surface area contributed by atoms with E-state index in [1.165, 1.54) is 12.3 Å². The number of methoxy groups -OCH3 is 1. The molecule has 1 saturated heterocycles. The minimum Gasteiger partial charge on any atom is -0.493 e. The van der Waals surface area contributed by atoms with Crippen molar-refractivity contribution < 1.29 is 68.3 Å². The zero-order valence-electron chi connectivity index (χ0n) is 36.4. The van der Waals surface area contributed by atoms with Crippen LogP contribution in [0.4, 0.5) is 0 Å². The number of carboxylic acid groups (broad SMARTS) is 1. The molecule has 18 heteroatoms. The number of nitrogens with two attached hydrogens (primary N) is 1. The number of H-pyrrole nitrogens is 1. The number of hydrogen-bond donors (Lipinski definition) is 8. The number of carboxylic acids is 1. The number of nitrogens with one attached hydrogen (secondary N) is 2. The van der Waals surface area contributed by atoms with E-state index >= 15 is 0 Å². The summed E-state index contributed by atoms with van der Waals surface area (Å²) in [5.74, 6) is 11.1. The van der Waals surface area contributed by atoms with Crippen LogP contribution in [0.1, 0.15) is 70.7 Å². The standard InChI is InChI=1S/C50H46N4O14/c1-62-32-13-12-29-38-41-27(25-8-3-2-4-9-25)10-5-6-19-63-43(32)42(29)67-44(38)37-30(23-54-22-26-14-17-52-39(26)31(54)24-55)28-11-7-15-49(61)45(60)40(59)48(65-33(28)20-34(37)64-41)68-50(49)16-18-53-47(51)46(50)66-36(58)21-35(56)57/h2-4,8-9,12-14,16-18,20,22,27,38,40-41,44-48,52-53,55,59-61H,6,15,19,21,23-24,51H2,1H3,(H,56,57). The lowest BCUT2D eigenvalue weighted by Gasteiger charge is -2.57. The van der Waals surface area contributed by atoms with Gasteiger partial charge in [0.2, 0.25) is 12.0 Å². The molecule has 9 N–H and O–H groups in total. The molecule has 68 heavy (non-hydrogen) atoms. The number of aromatic nitrogens is 2. The summed E-state index contributed by atoms with van der Waals surface area (Å²) < 4.78 is 47.3. The molecule has 11 unspecified atom stereocenters. The Morgan fingerprint density at radius 3 is 2.68 bits per heavy atom. The van der Waals surface area contributed by atoms with E-state index in [1.807, 2.05) is 59.3 Å². The Morgan fingerprint density at radius 1 is 1.04 bits per heavy atom. The van der Waals surface area contributed by atoms with E-state index in [1.54, 1.807) is 19.4 Å². The number of carbonyl (C=O) groups excluding carboxylic acids is 1. The highest BCUT2D eigenvalue weighted by atomic mass is 16.7. The number of aliphatic hydroxyl groups is 4. The molecule has 11 atom stereocenters. The number of fused-ring (bicyclic) bond motifs is 5. The van der Waals surface area contributed by atoms with Crippen LogP contribution in [0, 0.1) is 23.7 Å². The summed E-state index contributed by atoms with van der Waals surface area (Å²) in [7, 11) is 1.56. The highest BCUT2D eigenvalue weighted by Gasteiger charge is 2.69. The van der Waals surface area contributed by atoms with Crippen molar-refractivity contribution in [1.82, 2.24) is 14.9 Å². The molecule has 0 radical (unpaired) electrons. The Morgan fingerprint density at radius 2 is 1.88 bits per heavy atom. The molecule has 0 aliphatic carbocycles. The van der Waals surface area contributed by atoms with Crippen molar-refractivity contribution in [2.24, 2.45) is 5.73 Å². The monoisotopic (exact) mass is 926 g/mol. The van der Waals surface area contributed by atoms with E-state index in [0.717, 1.165) is 22.0 Å². The van der Waals surface area contributed by atoms with Gasteiger partial charge in [0.05, 0.1) is 48.9 Å². The number of aliphatic carboxylic acids is 1. The largest absolute Gasteiger partial charge is 0.493 e. The third-order valence-electron chi connectivity index (χ3n) is 13.8. The van der Waals surface area contributed by atoms with Gasteiger partial charge < -0.3 is 79.3 Å². The molecule has 350 valence electrons. The average Bonchev–Trinajstić information content (AvgIpc) is 4.03. The van der Waals surface area contributed by atoms with Gasteiger partial charge in [0, 0.05) is 59.9 Å². The second-order valence-electron chi connectivity index (χ2n) is 17.5. The van der Waals surface area contributed by atoms with Gasteiger partial charge in [-0.15, -0.1) is 0 Å². The summed E-state index contributed by atoms with van der Waals surface area (Å²) in [6, 6.07) is 17.1. The summed E-state index contributed by atoms with van der Waals surface area (Å²) >= 11 is 0. The van der Waals surface area contributed by atoms with Crippen LogP contribution < -0.4 is 34.7 Å². The van der Waals surface area contributed by atoms with Gasteiger partial charge in [-0.2, -0.15) is 0 Å². The number of aliphatic hydroxyl groups excluding tert-OH is 3. The number of hydrogen-bond acceptors (Lipinski definition) is 15. The van der Waals surface area contributed by atoms with Crippen molar-refractivity contribution in [3.8, 4) is 52.4 Å². The topological polar surface area (TPSA) is 259 Å². The summed E-state index contributed by atoms with van der Waals surface area (Å²) in [6.45, 7) is 0.00863. The van der Waals surface area contributed by atoms with E-state index in [9.17, 15) is 35.1 Å². The molecular weight excluding hydrogens is 881 g/mol. The van der Waals surface area contributed by atoms with Crippen LogP contribution >= 0.6 is 0 Å². The van der Waals surface area contributed by atoms with Crippen LogP contribution in [0.2, 0.25) is 0 Å². The Labute approximate surface area is 388 Å². The highest BCUT2D eigenvalue weighted by Crippen LogP contribution is 2.61. The minimum absolute atomic E-state index is 0.0387. The quantitative estimate of drug-likeness (QED) is 0.0632. The second kappa shape index (κ2) is 16.6. The smallest absolute Gasteiger partial charge is 0.317 e. The molecule has 9 heterocycles. The van der Waals surface area contributed by atoms with Crippen LogP contribution in [0.15, 0.2) is 79.3 Å². The van der Waals surface area contributed by atoms with Crippen molar-refractivity contribution in [2.75, 3.05) is 13.7 Å². The number of rotatable bonds is 8. The van der Waals surface area contributed by atoms with E-state index in [2.05, 4.69) is 34.0 Å². The van der Waals surface area contributed by atoms with Crippen LogP contribution in [-0.4, -0.2) is 109 Å². The minimum atomic E-state index is -2.55. The third kappa shape index (κ3) is 6.67. The Hall–Kier alpha value is -7.16. The number of esters is 1. The molecule has 7 aliphatic heterocycles. The molecule has 2 aromatic heterocycles. The zero-order valence-corrected chi connectivity index (χ0v) is 36.4. The van der Waals surface area contributed by atoms with Gasteiger partial charge in [0.1, 0.15) is 54.1 Å². The van der Waals surface area contributed by atoms with Gasteiger partial charge in [-0.1, -0.05) is 60.1 Å². The third-order valence-corrected chi connectivity index (χ3v) is 13.8. The fourth-order valence-corrected chi connectivity index (χ4v) is 10.7. The lowest BCUT2D eigenvalue weighted by molar-refractivity contribution is -0.355.